The molecule has 3 aromatic heterocycles. The van der Waals surface area contributed by atoms with Crippen molar-refractivity contribution in [2.75, 3.05) is 0 Å². The first kappa shape index (κ1) is 9.33. The van der Waals surface area contributed by atoms with Gasteiger partial charge >= 0.3 is 0 Å². The van der Waals surface area contributed by atoms with Gasteiger partial charge in [-0.05, 0) is 36.4 Å². The summed E-state index contributed by atoms with van der Waals surface area (Å²) in [5.41, 5.74) is 0. The van der Waals surface area contributed by atoms with E-state index in [-0.39, 0.29) is 0 Å². The fourth-order valence-corrected chi connectivity index (χ4v) is 3.83. The van der Waals surface area contributed by atoms with E-state index in [0.717, 1.165) is 0 Å². The van der Waals surface area contributed by atoms with Crippen LogP contribution in [0.5, 0.6) is 0 Å². The van der Waals surface area contributed by atoms with E-state index >= 15 is 0 Å². The van der Waals surface area contributed by atoms with Gasteiger partial charge in [0.05, 0.1) is 0 Å². The Morgan fingerprint density at radius 3 is 1.60 bits per heavy atom. The van der Waals surface area contributed by atoms with E-state index in [9.17, 15) is 0 Å². The number of hydrogen-bond acceptors (Lipinski definition) is 3. The molecule has 0 atom stereocenters. The van der Waals surface area contributed by atoms with Gasteiger partial charge in [0.25, 0.3) is 0 Å². The number of rotatable bonds is 2. The van der Waals surface area contributed by atoms with Gasteiger partial charge in [-0.1, -0.05) is 0 Å². The van der Waals surface area contributed by atoms with Crippen molar-refractivity contribution in [3.8, 4) is 19.5 Å². The number of thiophene rings is 3. The first-order valence-corrected chi connectivity index (χ1v) is 6.91. The zero-order valence-corrected chi connectivity index (χ0v) is 10.1. The maximum atomic E-state index is 3.12. The summed E-state index contributed by atoms with van der Waals surface area (Å²) in [5, 5.41) is 6.23. The molecule has 0 amide bonds. The standard InChI is InChI=1S/C12H6S3/c1-3-9(13-7-1)11-5-6-12(15-11)10-4-2-8-14-10/h1-6H. The first-order chi connectivity index (χ1) is 7.43. The minimum absolute atomic E-state index is 1.30. The Morgan fingerprint density at radius 1 is 0.667 bits per heavy atom. The van der Waals surface area contributed by atoms with Crippen LogP contribution in [-0.2, 0) is 0 Å². The zero-order valence-electron chi connectivity index (χ0n) is 7.69. The van der Waals surface area contributed by atoms with Gasteiger partial charge in [0.15, 0.2) is 0 Å². The monoisotopic (exact) mass is 246 g/mol. The van der Waals surface area contributed by atoms with Crippen molar-refractivity contribution in [3.63, 3.8) is 0 Å². The first-order valence-electron chi connectivity index (χ1n) is 4.46. The molecule has 15 heavy (non-hydrogen) atoms. The molecule has 3 heterocycles. The Morgan fingerprint density at radius 2 is 1.20 bits per heavy atom. The lowest BCUT2D eigenvalue weighted by Gasteiger charge is -1.89. The van der Waals surface area contributed by atoms with Crippen molar-refractivity contribution in [1.82, 2.24) is 0 Å². The molecule has 0 nitrogen and oxygen atoms in total. The fourth-order valence-electron chi connectivity index (χ4n) is 1.35. The molecule has 0 spiro atoms. The topological polar surface area (TPSA) is 0 Å². The second-order valence-corrected chi connectivity index (χ2v) is 5.84. The summed E-state index contributed by atoms with van der Waals surface area (Å²) in [7, 11) is 0. The molecule has 3 heteroatoms. The molecule has 0 fully saturated rings. The summed E-state index contributed by atoms with van der Waals surface area (Å²) in [6.07, 6.45) is 0. The van der Waals surface area contributed by atoms with Gasteiger partial charge in [0, 0.05) is 30.3 Å². The molecule has 0 saturated carbocycles. The van der Waals surface area contributed by atoms with Crippen molar-refractivity contribution in [2.24, 2.45) is 0 Å². The van der Waals surface area contributed by atoms with Crippen molar-refractivity contribution in [1.29, 1.82) is 0 Å². The average molecular weight is 246 g/mol. The van der Waals surface area contributed by atoms with Crippen LogP contribution >= 0.6 is 34.0 Å². The maximum Gasteiger partial charge on any atom is 0.0449 e. The molecule has 0 N–H and O–H groups in total. The largest absolute Gasteiger partial charge is 0.134 e. The maximum absolute atomic E-state index is 3.12. The highest BCUT2D eigenvalue weighted by atomic mass is 32.1. The molecule has 3 aromatic rings. The SMILES string of the molecule is [c]1ccc(-c2ccc(-c3cc[c]s3)s2)s1. The molecule has 2 radical (unpaired) electrons. The third-order valence-corrected chi connectivity index (χ3v) is 5.10. The minimum Gasteiger partial charge on any atom is -0.134 e. The second-order valence-electron chi connectivity index (χ2n) is 3.00. The van der Waals surface area contributed by atoms with Crippen LogP contribution < -0.4 is 0 Å². The molecule has 0 aliphatic rings. The highest BCUT2D eigenvalue weighted by molar-refractivity contribution is 7.25. The lowest BCUT2D eigenvalue weighted by Crippen LogP contribution is -1.57. The average Bonchev–Trinajstić information content (AvgIpc) is 3.02. The van der Waals surface area contributed by atoms with E-state index in [2.05, 4.69) is 35.0 Å². The van der Waals surface area contributed by atoms with Crippen LogP contribution in [0.1, 0.15) is 0 Å². The van der Waals surface area contributed by atoms with Crippen LogP contribution in [0.2, 0.25) is 0 Å². The van der Waals surface area contributed by atoms with Crippen molar-refractivity contribution in [3.05, 3.63) is 47.2 Å². The smallest absolute Gasteiger partial charge is 0.0449 e. The Balaban J connectivity index is 2.02. The van der Waals surface area contributed by atoms with Crippen LogP contribution in [0, 0.1) is 10.8 Å². The Kier molecular flexibility index (Phi) is 2.44. The summed E-state index contributed by atoms with van der Waals surface area (Å²) in [6.45, 7) is 0. The van der Waals surface area contributed by atoms with Gasteiger partial charge in [-0.25, -0.2) is 0 Å². The molecule has 0 aliphatic carbocycles. The molecule has 0 unspecified atom stereocenters. The fraction of sp³-hybridized carbons (Fsp3) is 0. The zero-order chi connectivity index (χ0) is 10.1. The van der Waals surface area contributed by atoms with Gasteiger partial charge in [-0.2, -0.15) is 0 Å². The van der Waals surface area contributed by atoms with Crippen molar-refractivity contribution >= 4 is 34.0 Å². The molecule has 0 saturated heterocycles. The molecule has 3 rings (SSSR count). The quantitative estimate of drug-likeness (QED) is 0.609. The van der Waals surface area contributed by atoms with E-state index in [1.807, 2.05) is 23.5 Å². The van der Waals surface area contributed by atoms with E-state index in [0.29, 0.717) is 0 Å². The number of hydrogen-bond donors (Lipinski definition) is 0. The van der Waals surface area contributed by atoms with Crippen LogP contribution in [-0.4, -0.2) is 0 Å². The lowest BCUT2D eigenvalue weighted by molar-refractivity contribution is 1.91. The molecule has 72 valence electrons. The highest BCUT2D eigenvalue weighted by Gasteiger charge is 2.05. The molecule has 0 aliphatic heterocycles. The third-order valence-electron chi connectivity index (χ3n) is 2.03. The van der Waals surface area contributed by atoms with Gasteiger partial charge in [0.1, 0.15) is 0 Å². The van der Waals surface area contributed by atoms with E-state index in [1.54, 1.807) is 22.7 Å². The molecular weight excluding hydrogens is 240 g/mol. The summed E-state index contributed by atoms with van der Waals surface area (Å²) < 4.78 is 0. The van der Waals surface area contributed by atoms with Crippen molar-refractivity contribution in [2.45, 2.75) is 0 Å². The van der Waals surface area contributed by atoms with Crippen LogP contribution in [0.4, 0.5) is 0 Å². The summed E-state index contributed by atoms with van der Waals surface area (Å²) in [4.78, 5) is 5.24. The van der Waals surface area contributed by atoms with Crippen LogP contribution in [0.3, 0.4) is 0 Å². The van der Waals surface area contributed by atoms with Gasteiger partial charge in [-0.3, -0.25) is 0 Å². The Labute approximate surface area is 100 Å². The van der Waals surface area contributed by atoms with Gasteiger partial charge < -0.3 is 0 Å². The van der Waals surface area contributed by atoms with E-state index in [1.165, 1.54) is 19.5 Å². The van der Waals surface area contributed by atoms with Gasteiger partial charge in [0.2, 0.25) is 0 Å². The summed E-state index contributed by atoms with van der Waals surface area (Å²) in [6, 6.07) is 12.5. The summed E-state index contributed by atoms with van der Waals surface area (Å²) in [5.74, 6) is 0. The van der Waals surface area contributed by atoms with Crippen LogP contribution in [0.15, 0.2) is 36.4 Å². The van der Waals surface area contributed by atoms with E-state index < -0.39 is 0 Å². The molecule has 0 aromatic carbocycles. The highest BCUT2D eigenvalue weighted by Crippen LogP contribution is 2.37. The lowest BCUT2D eigenvalue weighted by atomic mass is 10.3. The van der Waals surface area contributed by atoms with Gasteiger partial charge in [-0.15, -0.1) is 34.0 Å². The predicted octanol–water partition coefficient (Wildman–Crippen LogP) is 4.81. The molecule has 0 bridgehead atoms. The van der Waals surface area contributed by atoms with Crippen molar-refractivity contribution < 1.29 is 0 Å². The predicted molar refractivity (Wildman–Crippen MR) is 68.6 cm³/mol. The Bertz CT molecular complexity index is 480. The van der Waals surface area contributed by atoms with E-state index in [4.69, 9.17) is 0 Å². The molecular formula is C12H6S3. The normalized spacial score (nSPS) is 10.7. The Hall–Kier alpha value is -0.900. The second kappa shape index (κ2) is 3.93. The third kappa shape index (κ3) is 1.78. The summed E-state index contributed by atoms with van der Waals surface area (Å²) >= 11 is 5.16. The minimum atomic E-state index is 1.30. The van der Waals surface area contributed by atoms with Crippen LogP contribution in [0.25, 0.3) is 19.5 Å².